The Labute approximate surface area is 140 Å². The number of aromatic nitrogens is 2. The normalized spacial score (nSPS) is 11.4. The Bertz CT molecular complexity index is 925. The molecule has 0 aliphatic carbocycles. The minimum atomic E-state index is -4.66. The molecule has 1 N–H and O–H groups in total. The highest BCUT2D eigenvalue weighted by molar-refractivity contribution is 5.92. The van der Waals surface area contributed by atoms with E-state index in [2.05, 4.69) is 20.0 Å². The second-order valence-corrected chi connectivity index (χ2v) is 5.10. The predicted octanol–water partition coefficient (Wildman–Crippen LogP) is 4.18. The van der Waals surface area contributed by atoms with Gasteiger partial charge in [0.05, 0.1) is 18.2 Å². The highest BCUT2D eigenvalue weighted by Gasteiger charge is 2.35. The summed E-state index contributed by atoms with van der Waals surface area (Å²) in [7, 11) is 1.26. The summed E-state index contributed by atoms with van der Waals surface area (Å²) in [5.41, 5.74) is 0.986. The molecule has 3 aromatic rings. The van der Waals surface area contributed by atoms with Gasteiger partial charge >= 0.3 is 12.1 Å². The standard InChI is InChI=1S/C17H12F3N3O2/c1-25-15(24)10-6-8-11(9-7-10)21-14-12-4-2-3-5-13(12)22-16(23-14)17(18,19)20/h2-9H,1H3,(H,21,22,23). The molecule has 0 bridgehead atoms. The number of nitrogens with one attached hydrogen (secondary N) is 1. The average molecular weight is 347 g/mol. The monoisotopic (exact) mass is 347 g/mol. The van der Waals surface area contributed by atoms with Gasteiger partial charge in [0.25, 0.3) is 0 Å². The lowest BCUT2D eigenvalue weighted by Gasteiger charge is -2.12. The zero-order valence-corrected chi connectivity index (χ0v) is 13.0. The molecule has 0 radical (unpaired) electrons. The van der Waals surface area contributed by atoms with Gasteiger partial charge in [0, 0.05) is 11.1 Å². The molecule has 0 atom stereocenters. The van der Waals surface area contributed by atoms with E-state index in [4.69, 9.17) is 0 Å². The minimum absolute atomic E-state index is 0.0312. The minimum Gasteiger partial charge on any atom is -0.465 e. The van der Waals surface area contributed by atoms with Gasteiger partial charge in [-0.25, -0.2) is 14.8 Å². The van der Waals surface area contributed by atoms with Crippen LogP contribution in [0.3, 0.4) is 0 Å². The zero-order valence-electron chi connectivity index (χ0n) is 13.0. The zero-order chi connectivity index (χ0) is 18.0. The first-order valence-corrected chi connectivity index (χ1v) is 7.18. The highest BCUT2D eigenvalue weighted by atomic mass is 19.4. The summed E-state index contributed by atoms with van der Waals surface area (Å²) in [6, 6.07) is 12.5. The first-order valence-electron chi connectivity index (χ1n) is 7.18. The smallest absolute Gasteiger partial charge is 0.451 e. The Morgan fingerprint density at radius 3 is 2.36 bits per heavy atom. The van der Waals surface area contributed by atoms with Crippen molar-refractivity contribution in [2.24, 2.45) is 0 Å². The number of esters is 1. The van der Waals surface area contributed by atoms with Crippen LogP contribution in [0.15, 0.2) is 48.5 Å². The van der Waals surface area contributed by atoms with Crippen molar-refractivity contribution in [2.75, 3.05) is 12.4 Å². The Kier molecular flexibility index (Phi) is 4.26. The van der Waals surface area contributed by atoms with Crippen LogP contribution in [0.4, 0.5) is 24.7 Å². The SMILES string of the molecule is COC(=O)c1ccc(Nc2nc(C(F)(F)F)nc3ccccc23)cc1. The molecule has 25 heavy (non-hydrogen) atoms. The first-order chi connectivity index (χ1) is 11.9. The fourth-order valence-corrected chi connectivity index (χ4v) is 2.24. The van der Waals surface area contributed by atoms with Crippen molar-refractivity contribution in [3.63, 3.8) is 0 Å². The number of hydrogen-bond acceptors (Lipinski definition) is 5. The topological polar surface area (TPSA) is 64.1 Å². The quantitative estimate of drug-likeness (QED) is 0.720. The summed E-state index contributed by atoms with van der Waals surface area (Å²) in [5, 5.41) is 3.29. The number of nitrogens with zero attached hydrogens (tertiary/aromatic N) is 2. The maximum atomic E-state index is 13.0. The van der Waals surface area contributed by atoms with Crippen LogP contribution in [0.1, 0.15) is 16.2 Å². The molecule has 0 aliphatic heterocycles. The van der Waals surface area contributed by atoms with Gasteiger partial charge in [-0.1, -0.05) is 12.1 Å². The van der Waals surface area contributed by atoms with Crippen LogP contribution < -0.4 is 5.32 Å². The third-order valence-electron chi connectivity index (χ3n) is 3.43. The number of benzene rings is 2. The number of alkyl halides is 3. The van der Waals surface area contributed by atoms with Crippen molar-refractivity contribution in [3.8, 4) is 0 Å². The Balaban J connectivity index is 2.01. The van der Waals surface area contributed by atoms with Crippen LogP contribution in [0.25, 0.3) is 10.9 Å². The number of anilines is 2. The van der Waals surface area contributed by atoms with Gasteiger partial charge in [0.2, 0.25) is 5.82 Å². The fourth-order valence-electron chi connectivity index (χ4n) is 2.24. The summed E-state index contributed by atoms with van der Waals surface area (Å²) < 4.78 is 43.6. The van der Waals surface area contributed by atoms with Crippen molar-refractivity contribution < 1.29 is 22.7 Å². The molecule has 1 heterocycles. The lowest BCUT2D eigenvalue weighted by atomic mass is 10.2. The van der Waals surface area contributed by atoms with Gasteiger partial charge in [-0.2, -0.15) is 13.2 Å². The van der Waals surface area contributed by atoms with E-state index in [0.29, 0.717) is 16.6 Å². The van der Waals surface area contributed by atoms with Gasteiger partial charge in [-0.3, -0.25) is 0 Å². The van der Waals surface area contributed by atoms with E-state index in [0.717, 1.165) is 0 Å². The Morgan fingerprint density at radius 1 is 1.04 bits per heavy atom. The lowest BCUT2D eigenvalue weighted by molar-refractivity contribution is -0.144. The maximum absolute atomic E-state index is 13.0. The third kappa shape index (κ3) is 3.52. The summed E-state index contributed by atoms with van der Waals surface area (Å²) in [6.07, 6.45) is -4.66. The molecule has 0 amide bonds. The molecular formula is C17H12F3N3O2. The largest absolute Gasteiger partial charge is 0.465 e. The van der Waals surface area contributed by atoms with E-state index in [1.54, 1.807) is 30.3 Å². The van der Waals surface area contributed by atoms with Crippen molar-refractivity contribution in [1.82, 2.24) is 9.97 Å². The molecule has 5 nitrogen and oxygen atoms in total. The van der Waals surface area contributed by atoms with Crippen LogP contribution in [0.2, 0.25) is 0 Å². The van der Waals surface area contributed by atoms with Gasteiger partial charge in [-0.05, 0) is 36.4 Å². The van der Waals surface area contributed by atoms with Crippen LogP contribution in [-0.2, 0) is 10.9 Å². The maximum Gasteiger partial charge on any atom is 0.451 e. The summed E-state index contributed by atoms with van der Waals surface area (Å²) in [6.45, 7) is 0. The lowest BCUT2D eigenvalue weighted by Crippen LogP contribution is -2.12. The fraction of sp³-hybridized carbons (Fsp3) is 0.118. The third-order valence-corrected chi connectivity index (χ3v) is 3.43. The van der Waals surface area contributed by atoms with Gasteiger partial charge < -0.3 is 10.1 Å². The van der Waals surface area contributed by atoms with E-state index >= 15 is 0 Å². The van der Waals surface area contributed by atoms with Crippen molar-refractivity contribution in [3.05, 3.63) is 59.9 Å². The molecule has 0 saturated carbocycles. The van der Waals surface area contributed by atoms with E-state index in [-0.39, 0.29) is 11.3 Å². The predicted molar refractivity (Wildman–Crippen MR) is 85.6 cm³/mol. The summed E-state index contributed by atoms with van der Waals surface area (Å²) >= 11 is 0. The number of carbonyl (C=O) groups is 1. The van der Waals surface area contributed by atoms with Crippen LogP contribution >= 0.6 is 0 Å². The molecule has 0 spiro atoms. The van der Waals surface area contributed by atoms with Crippen LogP contribution in [-0.4, -0.2) is 23.0 Å². The number of methoxy groups -OCH3 is 1. The van der Waals surface area contributed by atoms with Crippen LogP contribution in [0.5, 0.6) is 0 Å². The molecule has 1 aromatic heterocycles. The van der Waals surface area contributed by atoms with Crippen LogP contribution in [0, 0.1) is 0 Å². The number of halogens is 3. The second kappa shape index (κ2) is 6.39. The van der Waals surface area contributed by atoms with E-state index in [1.165, 1.54) is 25.3 Å². The van der Waals surface area contributed by atoms with Gasteiger partial charge in [-0.15, -0.1) is 0 Å². The number of para-hydroxylation sites is 1. The molecule has 0 unspecified atom stereocenters. The average Bonchev–Trinajstić information content (AvgIpc) is 2.61. The Hall–Kier alpha value is -3.16. The van der Waals surface area contributed by atoms with E-state index in [9.17, 15) is 18.0 Å². The highest BCUT2D eigenvalue weighted by Crippen LogP contribution is 2.31. The molecule has 2 aromatic carbocycles. The van der Waals surface area contributed by atoms with Gasteiger partial charge in [0.1, 0.15) is 5.82 Å². The number of ether oxygens (including phenoxy) is 1. The van der Waals surface area contributed by atoms with Gasteiger partial charge in [0.15, 0.2) is 0 Å². The molecule has 3 rings (SSSR count). The van der Waals surface area contributed by atoms with E-state index < -0.39 is 18.0 Å². The molecule has 8 heteroatoms. The molecule has 0 aliphatic rings. The number of hydrogen-bond donors (Lipinski definition) is 1. The number of carbonyl (C=O) groups excluding carboxylic acids is 1. The number of rotatable bonds is 3. The second-order valence-electron chi connectivity index (χ2n) is 5.10. The summed E-state index contributed by atoms with van der Waals surface area (Å²) in [4.78, 5) is 18.6. The summed E-state index contributed by atoms with van der Waals surface area (Å²) in [5.74, 6) is -1.69. The molecule has 0 saturated heterocycles. The van der Waals surface area contributed by atoms with Crippen molar-refractivity contribution in [2.45, 2.75) is 6.18 Å². The molecule has 128 valence electrons. The molecule has 0 fully saturated rings. The number of fused-ring (bicyclic) bond motifs is 1. The first kappa shape index (κ1) is 16.7. The van der Waals surface area contributed by atoms with Crippen molar-refractivity contribution in [1.29, 1.82) is 0 Å². The van der Waals surface area contributed by atoms with E-state index in [1.807, 2.05) is 0 Å². The van der Waals surface area contributed by atoms with Crippen molar-refractivity contribution >= 4 is 28.4 Å². The molecular weight excluding hydrogens is 335 g/mol. The Morgan fingerprint density at radius 2 is 1.72 bits per heavy atom.